The Kier molecular flexibility index (Phi) is 5.43. The van der Waals surface area contributed by atoms with Crippen molar-refractivity contribution >= 4 is 5.91 Å². The number of nitrogens with zero attached hydrogens (tertiary/aromatic N) is 6. The van der Waals surface area contributed by atoms with Crippen molar-refractivity contribution in [3.8, 4) is 0 Å². The topological polar surface area (TPSA) is 67.2 Å². The summed E-state index contributed by atoms with van der Waals surface area (Å²) in [5.41, 5.74) is 0.715. The van der Waals surface area contributed by atoms with E-state index in [1.165, 1.54) is 0 Å². The van der Waals surface area contributed by atoms with E-state index in [-0.39, 0.29) is 5.91 Å². The fourth-order valence-electron chi connectivity index (χ4n) is 3.35. The quantitative estimate of drug-likeness (QED) is 0.831. The third-order valence-corrected chi connectivity index (χ3v) is 4.90. The smallest absolute Gasteiger partial charge is 0.253 e. The van der Waals surface area contributed by atoms with Gasteiger partial charge in [0.05, 0.1) is 6.54 Å². The molecule has 1 aliphatic heterocycles. The summed E-state index contributed by atoms with van der Waals surface area (Å²) in [4.78, 5) is 20.8. The van der Waals surface area contributed by atoms with Gasteiger partial charge in [0.15, 0.2) is 0 Å². The summed E-state index contributed by atoms with van der Waals surface area (Å²) in [7, 11) is 2.13. The van der Waals surface area contributed by atoms with Crippen LogP contribution in [-0.2, 0) is 6.54 Å². The number of piperidine rings is 1. The van der Waals surface area contributed by atoms with Crippen LogP contribution in [0.3, 0.4) is 0 Å². The molecule has 0 radical (unpaired) electrons. The van der Waals surface area contributed by atoms with Crippen LogP contribution >= 0.6 is 0 Å². The largest absolute Gasteiger partial charge is 0.339 e. The lowest BCUT2D eigenvalue weighted by Crippen LogP contribution is -2.45. The number of amides is 1. The van der Waals surface area contributed by atoms with Gasteiger partial charge < -0.3 is 9.47 Å². The molecule has 3 rings (SSSR count). The lowest BCUT2D eigenvalue weighted by atomic mass is 10.0. The van der Waals surface area contributed by atoms with Crippen molar-refractivity contribution in [3.05, 3.63) is 42.2 Å². The molecule has 0 aliphatic carbocycles. The molecule has 1 saturated heterocycles. The molecule has 0 unspecified atom stereocenters. The van der Waals surface area contributed by atoms with Gasteiger partial charge in [-0.05, 0) is 45.9 Å². The van der Waals surface area contributed by atoms with Crippen LogP contribution in [0, 0.1) is 0 Å². The van der Waals surface area contributed by atoms with E-state index < -0.39 is 0 Å². The van der Waals surface area contributed by atoms with Crippen LogP contribution < -0.4 is 0 Å². The van der Waals surface area contributed by atoms with Crippen molar-refractivity contribution in [2.45, 2.75) is 45.3 Å². The average Bonchev–Trinajstić information content (AvgIpc) is 3.10. The average molecular weight is 342 g/mol. The Hall–Kier alpha value is -2.28. The number of likely N-dealkylation sites (tertiary alicyclic amines) is 1. The Morgan fingerprint density at radius 2 is 1.96 bits per heavy atom. The van der Waals surface area contributed by atoms with E-state index in [2.05, 4.69) is 45.5 Å². The number of carbonyl (C=O) groups is 1. The second-order valence-corrected chi connectivity index (χ2v) is 6.92. The van der Waals surface area contributed by atoms with Gasteiger partial charge in [0.2, 0.25) is 0 Å². The highest BCUT2D eigenvalue weighted by molar-refractivity contribution is 5.94. The van der Waals surface area contributed by atoms with Crippen LogP contribution in [0.5, 0.6) is 0 Å². The Morgan fingerprint density at radius 1 is 1.28 bits per heavy atom. The van der Waals surface area contributed by atoms with Crippen molar-refractivity contribution in [2.75, 3.05) is 20.1 Å². The maximum atomic E-state index is 12.5. The zero-order chi connectivity index (χ0) is 17.8. The highest BCUT2D eigenvalue weighted by Gasteiger charge is 2.26. The Labute approximate surface area is 148 Å². The second kappa shape index (κ2) is 7.74. The first-order valence-corrected chi connectivity index (χ1v) is 8.84. The molecule has 0 bridgehead atoms. The molecule has 0 aromatic carbocycles. The van der Waals surface area contributed by atoms with Gasteiger partial charge in [-0.15, -0.1) is 10.2 Å². The molecule has 1 fully saturated rings. The van der Waals surface area contributed by atoms with Crippen molar-refractivity contribution < 1.29 is 4.79 Å². The van der Waals surface area contributed by atoms with Crippen molar-refractivity contribution in [3.63, 3.8) is 0 Å². The van der Waals surface area contributed by atoms with Crippen LogP contribution in [0.2, 0.25) is 0 Å². The van der Waals surface area contributed by atoms with Crippen LogP contribution in [0.4, 0.5) is 0 Å². The molecule has 0 N–H and O–H groups in total. The number of carbonyl (C=O) groups excluding carboxylic acids is 1. The molecule has 2 aromatic heterocycles. The van der Waals surface area contributed by atoms with Crippen LogP contribution in [0.1, 0.15) is 48.9 Å². The van der Waals surface area contributed by atoms with Gasteiger partial charge in [-0.1, -0.05) is 0 Å². The highest BCUT2D eigenvalue weighted by Crippen LogP contribution is 2.19. The lowest BCUT2D eigenvalue weighted by Gasteiger charge is -2.36. The summed E-state index contributed by atoms with van der Waals surface area (Å²) >= 11 is 0. The van der Waals surface area contributed by atoms with Crippen molar-refractivity contribution in [2.24, 2.45) is 0 Å². The number of hydrogen-bond acceptors (Lipinski definition) is 5. The minimum absolute atomic E-state index is 0.100. The molecule has 1 amide bonds. The number of aromatic nitrogens is 4. The van der Waals surface area contributed by atoms with Gasteiger partial charge >= 0.3 is 0 Å². The molecule has 0 atom stereocenters. The SMILES string of the molecule is CC(C)n1cnnc1CN(C)C1CCN(C(=O)c2ccncc2)CC1. The van der Waals surface area contributed by atoms with E-state index in [4.69, 9.17) is 0 Å². The second-order valence-electron chi connectivity index (χ2n) is 6.92. The molecular formula is C18H26N6O. The molecule has 134 valence electrons. The first-order valence-electron chi connectivity index (χ1n) is 8.84. The van der Waals surface area contributed by atoms with Gasteiger partial charge in [0.25, 0.3) is 5.91 Å². The lowest BCUT2D eigenvalue weighted by molar-refractivity contribution is 0.0635. The molecule has 0 saturated carbocycles. The molecule has 7 nitrogen and oxygen atoms in total. The first kappa shape index (κ1) is 17.5. The molecule has 0 spiro atoms. The van der Waals surface area contributed by atoms with E-state index in [9.17, 15) is 4.79 Å². The molecule has 25 heavy (non-hydrogen) atoms. The van der Waals surface area contributed by atoms with Gasteiger partial charge in [0.1, 0.15) is 12.2 Å². The van der Waals surface area contributed by atoms with E-state index in [1.807, 2.05) is 4.90 Å². The number of hydrogen-bond donors (Lipinski definition) is 0. The van der Waals surface area contributed by atoms with E-state index in [0.29, 0.717) is 17.6 Å². The predicted octanol–water partition coefficient (Wildman–Crippen LogP) is 1.99. The van der Waals surface area contributed by atoms with Crippen molar-refractivity contribution in [1.82, 2.24) is 29.5 Å². The Balaban J connectivity index is 1.55. The molecule has 3 heterocycles. The van der Waals surface area contributed by atoms with Gasteiger partial charge in [-0.25, -0.2) is 0 Å². The van der Waals surface area contributed by atoms with Crippen molar-refractivity contribution in [1.29, 1.82) is 0 Å². The molecular weight excluding hydrogens is 316 g/mol. The molecule has 7 heteroatoms. The zero-order valence-electron chi connectivity index (χ0n) is 15.2. The minimum Gasteiger partial charge on any atom is -0.339 e. The van der Waals surface area contributed by atoms with Crippen LogP contribution in [0.15, 0.2) is 30.9 Å². The monoisotopic (exact) mass is 342 g/mol. The fourth-order valence-corrected chi connectivity index (χ4v) is 3.35. The minimum atomic E-state index is 0.100. The summed E-state index contributed by atoms with van der Waals surface area (Å²) in [6, 6.07) is 4.37. The van der Waals surface area contributed by atoms with Gasteiger partial charge in [-0.2, -0.15) is 0 Å². The standard InChI is InChI=1S/C18H26N6O/c1-14(2)24-13-20-21-17(24)12-22(3)16-6-10-23(11-7-16)18(25)15-4-8-19-9-5-15/h4-5,8-9,13-14,16H,6-7,10-12H2,1-3H3. The number of rotatable bonds is 5. The fraction of sp³-hybridized carbons (Fsp3) is 0.556. The first-order chi connectivity index (χ1) is 12.1. The van der Waals surface area contributed by atoms with Crippen LogP contribution in [-0.4, -0.2) is 61.6 Å². The highest BCUT2D eigenvalue weighted by atomic mass is 16.2. The van der Waals surface area contributed by atoms with E-state index >= 15 is 0 Å². The Bertz CT molecular complexity index is 691. The maximum absolute atomic E-state index is 12.5. The van der Waals surface area contributed by atoms with E-state index in [1.54, 1.807) is 30.9 Å². The Morgan fingerprint density at radius 3 is 2.60 bits per heavy atom. The predicted molar refractivity (Wildman–Crippen MR) is 95.0 cm³/mol. The number of pyridine rings is 1. The summed E-state index contributed by atoms with van der Waals surface area (Å²) in [6.07, 6.45) is 7.08. The third-order valence-electron chi connectivity index (χ3n) is 4.90. The third kappa shape index (κ3) is 4.04. The molecule has 1 aliphatic rings. The van der Waals surface area contributed by atoms with Gasteiger partial charge in [-0.3, -0.25) is 14.7 Å². The summed E-state index contributed by atoms with van der Waals surface area (Å²) < 4.78 is 2.11. The normalized spacial score (nSPS) is 16.0. The van der Waals surface area contributed by atoms with Gasteiger partial charge in [0, 0.05) is 43.1 Å². The maximum Gasteiger partial charge on any atom is 0.253 e. The molecule has 2 aromatic rings. The summed E-state index contributed by atoms with van der Waals surface area (Å²) in [5.74, 6) is 1.09. The van der Waals surface area contributed by atoms with E-state index in [0.717, 1.165) is 38.3 Å². The zero-order valence-corrected chi connectivity index (χ0v) is 15.2. The van der Waals surface area contributed by atoms with Crippen LogP contribution in [0.25, 0.3) is 0 Å². The summed E-state index contributed by atoms with van der Waals surface area (Å²) in [6.45, 7) is 6.62. The summed E-state index contributed by atoms with van der Waals surface area (Å²) in [5, 5.41) is 8.29.